The minimum atomic E-state index is 0.0678. The summed E-state index contributed by atoms with van der Waals surface area (Å²) in [6, 6.07) is 9.64. The van der Waals surface area contributed by atoms with Crippen LogP contribution in [0.3, 0.4) is 0 Å². The van der Waals surface area contributed by atoms with Crippen LogP contribution in [0.25, 0.3) is 5.69 Å². The van der Waals surface area contributed by atoms with Gasteiger partial charge in [-0.15, -0.1) is 0 Å². The highest BCUT2D eigenvalue weighted by Crippen LogP contribution is 2.14. The van der Waals surface area contributed by atoms with Gasteiger partial charge in [-0.3, -0.25) is 4.79 Å². The molecule has 0 saturated carbocycles. The average molecular weight is 285 g/mol. The first-order valence-corrected chi connectivity index (χ1v) is 7.16. The smallest absolute Gasteiger partial charge is 0.254 e. The largest absolute Gasteiger partial charge is 0.378 e. The Morgan fingerprint density at radius 2 is 1.81 bits per heavy atom. The number of hydrogen-bond donors (Lipinski definition) is 0. The van der Waals surface area contributed by atoms with Crippen LogP contribution < -0.4 is 0 Å². The van der Waals surface area contributed by atoms with Crippen LogP contribution in [0, 0.1) is 13.8 Å². The van der Waals surface area contributed by atoms with Gasteiger partial charge in [-0.2, -0.15) is 5.10 Å². The molecule has 1 amide bonds. The van der Waals surface area contributed by atoms with E-state index in [-0.39, 0.29) is 5.91 Å². The van der Waals surface area contributed by atoms with Crippen molar-refractivity contribution in [1.29, 1.82) is 0 Å². The first-order chi connectivity index (χ1) is 10.1. The fourth-order valence-electron chi connectivity index (χ4n) is 2.58. The lowest BCUT2D eigenvalue weighted by Crippen LogP contribution is -2.40. The van der Waals surface area contributed by atoms with E-state index in [1.807, 2.05) is 53.8 Å². The number of carbonyl (C=O) groups excluding carboxylic acids is 1. The fraction of sp³-hybridized carbons (Fsp3) is 0.375. The Kier molecular flexibility index (Phi) is 3.75. The summed E-state index contributed by atoms with van der Waals surface area (Å²) in [5.74, 6) is 0.0678. The molecule has 21 heavy (non-hydrogen) atoms. The summed E-state index contributed by atoms with van der Waals surface area (Å²) in [6.07, 6.45) is 0. The van der Waals surface area contributed by atoms with Crippen molar-refractivity contribution in [3.8, 4) is 5.69 Å². The molecule has 2 heterocycles. The molecule has 0 N–H and O–H groups in total. The van der Waals surface area contributed by atoms with Crippen LogP contribution in [0.4, 0.5) is 0 Å². The zero-order valence-corrected chi connectivity index (χ0v) is 12.4. The summed E-state index contributed by atoms with van der Waals surface area (Å²) >= 11 is 0. The van der Waals surface area contributed by atoms with Gasteiger partial charge in [0.25, 0.3) is 5.91 Å². The van der Waals surface area contributed by atoms with Crippen LogP contribution in [-0.2, 0) is 4.74 Å². The van der Waals surface area contributed by atoms with Crippen molar-refractivity contribution in [3.05, 3.63) is 47.3 Å². The minimum absolute atomic E-state index is 0.0678. The van der Waals surface area contributed by atoms with Gasteiger partial charge < -0.3 is 9.64 Å². The fourth-order valence-corrected chi connectivity index (χ4v) is 2.58. The second-order valence-electron chi connectivity index (χ2n) is 5.29. The van der Waals surface area contributed by atoms with Gasteiger partial charge in [0.05, 0.1) is 24.6 Å². The molecule has 0 aliphatic carbocycles. The molecule has 2 aromatic rings. The number of carbonyl (C=O) groups is 1. The zero-order valence-electron chi connectivity index (χ0n) is 12.4. The lowest BCUT2D eigenvalue weighted by Gasteiger charge is -2.26. The van der Waals surface area contributed by atoms with Crippen molar-refractivity contribution in [2.45, 2.75) is 13.8 Å². The Bertz CT molecular complexity index is 640. The molecular formula is C16H19N3O2. The SMILES string of the molecule is Cc1cc(C)n(-c2ccc(C(=O)N3CCOCC3)cc2)n1. The van der Waals surface area contributed by atoms with E-state index in [4.69, 9.17) is 4.74 Å². The van der Waals surface area contributed by atoms with Gasteiger partial charge in [0.2, 0.25) is 0 Å². The maximum Gasteiger partial charge on any atom is 0.254 e. The number of aromatic nitrogens is 2. The Labute approximate surface area is 124 Å². The molecule has 5 nitrogen and oxygen atoms in total. The molecule has 0 unspecified atom stereocenters. The van der Waals surface area contributed by atoms with E-state index in [1.54, 1.807) is 0 Å². The quantitative estimate of drug-likeness (QED) is 0.847. The first-order valence-electron chi connectivity index (χ1n) is 7.16. The van der Waals surface area contributed by atoms with Crippen molar-refractivity contribution < 1.29 is 9.53 Å². The minimum Gasteiger partial charge on any atom is -0.378 e. The van der Waals surface area contributed by atoms with E-state index in [2.05, 4.69) is 5.10 Å². The van der Waals surface area contributed by atoms with Gasteiger partial charge in [0, 0.05) is 24.3 Å². The Balaban J connectivity index is 1.80. The molecule has 1 aromatic heterocycles. The lowest BCUT2D eigenvalue weighted by molar-refractivity contribution is 0.0303. The number of ether oxygens (including phenoxy) is 1. The van der Waals surface area contributed by atoms with Crippen molar-refractivity contribution in [1.82, 2.24) is 14.7 Å². The third-order valence-corrected chi connectivity index (χ3v) is 3.67. The highest BCUT2D eigenvalue weighted by Gasteiger charge is 2.18. The van der Waals surface area contributed by atoms with Crippen LogP contribution in [0.2, 0.25) is 0 Å². The average Bonchev–Trinajstić information content (AvgIpc) is 2.86. The Morgan fingerprint density at radius 1 is 1.14 bits per heavy atom. The summed E-state index contributed by atoms with van der Waals surface area (Å²) in [5.41, 5.74) is 3.75. The summed E-state index contributed by atoms with van der Waals surface area (Å²) in [7, 11) is 0. The van der Waals surface area contributed by atoms with E-state index < -0.39 is 0 Å². The highest BCUT2D eigenvalue weighted by molar-refractivity contribution is 5.94. The maximum absolute atomic E-state index is 12.4. The summed E-state index contributed by atoms with van der Waals surface area (Å²) in [6.45, 7) is 6.56. The molecule has 110 valence electrons. The summed E-state index contributed by atoms with van der Waals surface area (Å²) in [5, 5.41) is 4.45. The van der Waals surface area contributed by atoms with E-state index in [1.165, 1.54) is 0 Å². The molecule has 3 rings (SSSR count). The van der Waals surface area contributed by atoms with Gasteiger partial charge >= 0.3 is 0 Å². The van der Waals surface area contributed by atoms with Crippen molar-refractivity contribution in [3.63, 3.8) is 0 Å². The molecule has 5 heteroatoms. The molecule has 1 aliphatic rings. The Morgan fingerprint density at radius 3 is 2.38 bits per heavy atom. The molecular weight excluding hydrogens is 266 g/mol. The van der Waals surface area contributed by atoms with Gasteiger partial charge in [-0.25, -0.2) is 4.68 Å². The zero-order chi connectivity index (χ0) is 14.8. The maximum atomic E-state index is 12.4. The van der Waals surface area contributed by atoms with Crippen molar-refractivity contribution in [2.75, 3.05) is 26.3 Å². The number of aryl methyl sites for hydroxylation is 2. The third-order valence-electron chi connectivity index (χ3n) is 3.67. The van der Waals surface area contributed by atoms with Crippen molar-refractivity contribution >= 4 is 5.91 Å². The summed E-state index contributed by atoms with van der Waals surface area (Å²) in [4.78, 5) is 14.2. The van der Waals surface area contributed by atoms with Gasteiger partial charge in [-0.05, 0) is 44.2 Å². The first kappa shape index (κ1) is 13.8. The second-order valence-corrected chi connectivity index (χ2v) is 5.29. The molecule has 0 bridgehead atoms. The molecule has 0 atom stereocenters. The summed E-state index contributed by atoms with van der Waals surface area (Å²) < 4.78 is 7.16. The van der Waals surface area contributed by atoms with E-state index in [0.29, 0.717) is 31.9 Å². The van der Waals surface area contributed by atoms with Crippen LogP contribution in [0.1, 0.15) is 21.7 Å². The van der Waals surface area contributed by atoms with E-state index >= 15 is 0 Å². The molecule has 1 aromatic carbocycles. The van der Waals surface area contributed by atoms with Crippen LogP contribution in [0.5, 0.6) is 0 Å². The number of benzene rings is 1. The lowest BCUT2D eigenvalue weighted by atomic mass is 10.1. The number of morpholine rings is 1. The molecule has 0 spiro atoms. The van der Waals surface area contributed by atoms with Crippen LogP contribution in [0.15, 0.2) is 30.3 Å². The highest BCUT2D eigenvalue weighted by atomic mass is 16.5. The van der Waals surface area contributed by atoms with Crippen LogP contribution in [-0.4, -0.2) is 46.9 Å². The van der Waals surface area contributed by atoms with Crippen LogP contribution >= 0.6 is 0 Å². The Hall–Kier alpha value is -2.14. The van der Waals surface area contributed by atoms with Gasteiger partial charge in [0.1, 0.15) is 0 Å². The van der Waals surface area contributed by atoms with Crippen molar-refractivity contribution in [2.24, 2.45) is 0 Å². The molecule has 0 radical (unpaired) electrons. The van der Waals surface area contributed by atoms with E-state index in [0.717, 1.165) is 17.1 Å². The standard InChI is InChI=1S/C16H19N3O2/c1-12-11-13(2)19(17-12)15-5-3-14(4-6-15)16(20)18-7-9-21-10-8-18/h3-6,11H,7-10H2,1-2H3. The topological polar surface area (TPSA) is 47.4 Å². The number of hydrogen-bond acceptors (Lipinski definition) is 3. The van der Waals surface area contributed by atoms with Gasteiger partial charge in [0.15, 0.2) is 0 Å². The molecule has 1 fully saturated rings. The monoisotopic (exact) mass is 285 g/mol. The van der Waals surface area contributed by atoms with Gasteiger partial charge in [-0.1, -0.05) is 0 Å². The third kappa shape index (κ3) is 2.83. The molecule has 1 saturated heterocycles. The number of nitrogens with zero attached hydrogens (tertiary/aromatic N) is 3. The van der Waals surface area contributed by atoms with E-state index in [9.17, 15) is 4.79 Å². The predicted octanol–water partition coefficient (Wildman–Crippen LogP) is 1.96. The second kappa shape index (κ2) is 5.69. The number of amides is 1. The predicted molar refractivity (Wildman–Crippen MR) is 79.8 cm³/mol. The normalized spacial score (nSPS) is 15.2. The number of rotatable bonds is 2. The molecule has 1 aliphatic heterocycles.